The molecule has 0 heterocycles. The molecule has 1 rings (SSSR count). The highest BCUT2D eigenvalue weighted by Gasteiger charge is 2.24. The number of hydrogen-bond acceptors (Lipinski definition) is 5. The predicted octanol–water partition coefficient (Wildman–Crippen LogP) is 1.25. The van der Waals surface area contributed by atoms with Gasteiger partial charge in [-0.05, 0) is 43.5 Å². The second-order valence-electron chi connectivity index (χ2n) is 4.97. The van der Waals surface area contributed by atoms with Gasteiger partial charge in [0.25, 0.3) is 20.2 Å². The topological polar surface area (TPSA) is 121 Å². The summed E-state index contributed by atoms with van der Waals surface area (Å²) in [5, 5.41) is 1.53. The highest BCUT2D eigenvalue weighted by Crippen LogP contribution is 2.15. The number of anilines is 1. The summed E-state index contributed by atoms with van der Waals surface area (Å²) in [6.45, 7) is 3.62. The Morgan fingerprint density at radius 3 is 2.00 bits per heavy atom. The van der Waals surface area contributed by atoms with Crippen LogP contribution >= 0.6 is 0 Å². The molecule has 0 aliphatic rings. The zero-order valence-electron chi connectivity index (χ0n) is 11.8. The third-order valence-corrected chi connectivity index (χ3v) is 4.87. The largest absolute Gasteiger partial charge is 0.384 e. The fourth-order valence-corrected chi connectivity index (χ4v) is 3.39. The van der Waals surface area contributed by atoms with Gasteiger partial charge in [0.15, 0.2) is 0 Å². The normalized spacial score (nSPS) is 13.9. The maximum Gasteiger partial charge on any atom is 0.269 e. The SMILES string of the molecule is Cc1cc(C)cc(NCC(CCS(=O)(=O)O)S(=O)(=O)O)c1. The molecule has 1 atom stereocenters. The Labute approximate surface area is 124 Å². The first kappa shape index (κ1) is 17.9. The summed E-state index contributed by atoms with van der Waals surface area (Å²) >= 11 is 0. The standard InChI is InChI=1S/C12H19NO6S2/c1-9-5-10(2)7-11(6-9)13-8-12(21(17,18)19)3-4-20(14,15)16/h5-7,12-13H,3-4,8H2,1-2H3,(H,14,15,16)(H,17,18,19). The summed E-state index contributed by atoms with van der Waals surface area (Å²) in [5.74, 6) is -0.730. The Kier molecular flexibility index (Phi) is 5.74. The van der Waals surface area contributed by atoms with Crippen molar-refractivity contribution in [2.75, 3.05) is 17.6 Å². The van der Waals surface area contributed by atoms with Gasteiger partial charge in [0, 0.05) is 12.2 Å². The van der Waals surface area contributed by atoms with Gasteiger partial charge in [-0.3, -0.25) is 9.11 Å². The lowest BCUT2D eigenvalue weighted by Crippen LogP contribution is -2.31. The maximum absolute atomic E-state index is 11.2. The molecule has 0 saturated heterocycles. The third-order valence-electron chi connectivity index (χ3n) is 2.87. The second-order valence-corrected chi connectivity index (χ2v) is 8.24. The van der Waals surface area contributed by atoms with Crippen molar-refractivity contribution in [3.8, 4) is 0 Å². The summed E-state index contributed by atoms with van der Waals surface area (Å²) in [4.78, 5) is 0. The molecule has 0 saturated carbocycles. The van der Waals surface area contributed by atoms with Crippen LogP contribution in [0.4, 0.5) is 5.69 Å². The molecule has 7 nitrogen and oxygen atoms in total. The van der Waals surface area contributed by atoms with Crippen LogP contribution in [0.15, 0.2) is 18.2 Å². The number of nitrogens with one attached hydrogen (secondary N) is 1. The van der Waals surface area contributed by atoms with E-state index in [0.29, 0.717) is 5.69 Å². The Morgan fingerprint density at radius 1 is 1.05 bits per heavy atom. The van der Waals surface area contributed by atoms with Crippen LogP contribution in [0.1, 0.15) is 17.5 Å². The molecule has 0 bridgehead atoms. The zero-order chi connectivity index (χ0) is 16.3. The van der Waals surface area contributed by atoms with Gasteiger partial charge < -0.3 is 5.32 Å². The Balaban J connectivity index is 2.78. The molecular formula is C12H19NO6S2. The molecule has 1 aromatic carbocycles. The van der Waals surface area contributed by atoms with Gasteiger partial charge in [0.2, 0.25) is 0 Å². The molecule has 0 radical (unpaired) electrons. The van der Waals surface area contributed by atoms with Crippen LogP contribution in [0.5, 0.6) is 0 Å². The maximum atomic E-state index is 11.2. The highest BCUT2D eigenvalue weighted by atomic mass is 32.2. The van der Waals surface area contributed by atoms with Gasteiger partial charge in [0.1, 0.15) is 5.25 Å². The van der Waals surface area contributed by atoms with Crippen LogP contribution in [-0.2, 0) is 20.2 Å². The molecule has 0 aromatic heterocycles. The van der Waals surface area contributed by atoms with E-state index < -0.39 is 37.7 Å². The minimum Gasteiger partial charge on any atom is -0.384 e. The Morgan fingerprint density at radius 2 is 1.57 bits per heavy atom. The lowest BCUT2D eigenvalue weighted by molar-refractivity contribution is 0.462. The molecule has 3 N–H and O–H groups in total. The fourth-order valence-electron chi connectivity index (χ4n) is 1.95. The van der Waals surface area contributed by atoms with Crippen molar-refractivity contribution >= 4 is 25.9 Å². The minimum atomic E-state index is -4.42. The van der Waals surface area contributed by atoms with E-state index in [4.69, 9.17) is 9.11 Å². The summed E-state index contributed by atoms with van der Waals surface area (Å²) in [6, 6.07) is 5.55. The molecule has 0 fully saturated rings. The van der Waals surface area contributed by atoms with Gasteiger partial charge >= 0.3 is 0 Å². The van der Waals surface area contributed by atoms with Crippen LogP contribution in [-0.4, -0.2) is 43.5 Å². The number of rotatable bonds is 7. The van der Waals surface area contributed by atoms with E-state index in [1.807, 2.05) is 19.9 Å². The fraction of sp³-hybridized carbons (Fsp3) is 0.500. The van der Waals surface area contributed by atoms with Crippen molar-refractivity contribution in [3.05, 3.63) is 29.3 Å². The summed E-state index contributed by atoms with van der Waals surface area (Å²) < 4.78 is 61.6. The molecule has 1 unspecified atom stereocenters. The first-order valence-electron chi connectivity index (χ1n) is 6.21. The van der Waals surface area contributed by atoms with Gasteiger partial charge in [-0.25, -0.2) is 0 Å². The number of hydrogen-bond donors (Lipinski definition) is 3. The smallest absolute Gasteiger partial charge is 0.269 e. The average molecular weight is 337 g/mol. The van der Waals surface area contributed by atoms with Gasteiger partial charge in [-0.1, -0.05) is 6.07 Å². The first-order valence-corrected chi connectivity index (χ1v) is 9.32. The second kappa shape index (κ2) is 6.73. The molecule has 0 amide bonds. The van der Waals surface area contributed by atoms with E-state index in [-0.39, 0.29) is 6.54 Å². The van der Waals surface area contributed by atoms with Gasteiger partial charge in [-0.2, -0.15) is 16.8 Å². The number of benzene rings is 1. The van der Waals surface area contributed by atoms with E-state index in [1.165, 1.54) is 0 Å². The van der Waals surface area contributed by atoms with E-state index in [9.17, 15) is 16.8 Å². The van der Waals surface area contributed by atoms with Crippen molar-refractivity contribution in [2.24, 2.45) is 0 Å². The van der Waals surface area contributed by atoms with Crippen LogP contribution in [0.3, 0.4) is 0 Å². The van der Waals surface area contributed by atoms with Crippen LogP contribution in [0.2, 0.25) is 0 Å². The van der Waals surface area contributed by atoms with Crippen molar-refractivity contribution in [1.82, 2.24) is 0 Å². The quantitative estimate of drug-likeness (QED) is 0.640. The molecule has 9 heteroatoms. The molecular weight excluding hydrogens is 318 g/mol. The lowest BCUT2D eigenvalue weighted by atomic mass is 10.1. The minimum absolute atomic E-state index is 0.156. The predicted molar refractivity (Wildman–Crippen MR) is 80.8 cm³/mol. The van der Waals surface area contributed by atoms with Crippen LogP contribution < -0.4 is 5.32 Å². The van der Waals surface area contributed by atoms with Crippen molar-refractivity contribution in [2.45, 2.75) is 25.5 Å². The highest BCUT2D eigenvalue weighted by molar-refractivity contribution is 7.87. The van der Waals surface area contributed by atoms with Gasteiger partial charge in [0.05, 0.1) is 5.75 Å². The van der Waals surface area contributed by atoms with E-state index >= 15 is 0 Å². The first-order chi connectivity index (χ1) is 9.47. The van der Waals surface area contributed by atoms with Crippen molar-refractivity contribution < 1.29 is 25.9 Å². The zero-order valence-corrected chi connectivity index (χ0v) is 13.4. The Hall–Kier alpha value is -1.16. The third kappa shape index (κ3) is 6.89. The van der Waals surface area contributed by atoms with Crippen molar-refractivity contribution in [3.63, 3.8) is 0 Å². The molecule has 120 valence electrons. The molecule has 21 heavy (non-hydrogen) atoms. The molecule has 0 aliphatic heterocycles. The monoisotopic (exact) mass is 337 g/mol. The van der Waals surface area contributed by atoms with E-state index in [0.717, 1.165) is 11.1 Å². The number of aryl methyl sites for hydroxylation is 2. The molecule has 0 spiro atoms. The van der Waals surface area contributed by atoms with E-state index in [2.05, 4.69) is 5.32 Å². The van der Waals surface area contributed by atoms with Crippen LogP contribution in [0.25, 0.3) is 0 Å². The van der Waals surface area contributed by atoms with Crippen LogP contribution in [0, 0.1) is 13.8 Å². The van der Waals surface area contributed by atoms with Gasteiger partial charge in [-0.15, -0.1) is 0 Å². The summed E-state index contributed by atoms with van der Waals surface area (Å²) in [6.07, 6.45) is -0.393. The van der Waals surface area contributed by atoms with E-state index in [1.54, 1.807) is 12.1 Å². The molecule has 1 aromatic rings. The molecule has 0 aliphatic carbocycles. The summed E-state index contributed by atoms with van der Waals surface area (Å²) in [7, 11) is -8.69. The Bertz CT molecular complexity index is 676. The average Bonchev–Trinajstić information content (AvgIpc) is 2.23. The van der Waals surface area contributed by atoms with Crippen molar-refractivity contribution in [1.29, 1.82) is 0 Å². The summed E-state index contributed by atoms with van der Waals surface area (Å²) in [5.41, 5.74) is 2.64. The lowest BCUT2D eigenvalue weighted by Gasteiger charge is -2.15.